The van der Waals surface area contributed by atoms with E-state index in [1.807, 2.05) is 0 Å². The SMILES string of the molecule is COCOc1cc(-c2nc3c4c(nc(OC[C@@]56CCCN5C[C@H](F)C6)nc4c2F)N(CC2(N(C)C)CCC2)CCO3)c2c(C#C[Si](C(C)C)(C(C)C)C(C)C)c(F)ccc2c1. The number of fused-ring (bicyclic) bond motifs is 2. The zero-order valence-electron chi connectivity index (χ0n) is 37.3. The molecule has 4 aliphatic rings. The van der Waals surface area contributed by atoms with Gasteiger partial charge in [0.05, 0.1) is 17.6 Å². The number of methoxy groups -OCH3 is 1. The lowest BCUT2D eigenvalue weighted by atomic mass is 9.75. The van der Waals surface area contributed by atoms with Crippen LogP contribution < -0.4 is 19.1 Å². The predicted molar refractivity (Wildman–Crippen MR) is 237 cm³/mol. The maximum Gasteiger partial charge on any atom is 0.319 e. The van der Waals surface area contributed by atoms with Gasteiger partial charge in [0, 0.05) is 43.1 Å². The Morgan fingerprint density at radius 2 is 1.70 bits per heavy atom. The van der Waals surface area contributed by atoms with E-state index < -0.39 is 31.4 Å². The summed E-state index contributed by atoms with van der Waals surface area (Å²) in [5, 5.41) is 1.36. The fourth-order valence-corrected chi connectivity index (χ4v) is 16.3. The Morgan fingerprint density at radius 1 is 0.951 bits per heavy atom. The smallest absolute Gasteiger partial charge is 0.319 e. The Hall–Kier alpha value is -4.16. The lowest BCUT2D eigenvalue weighted by molar-refractivity contribution is 0.0512. The number of hydrogen-bond donors (Lipinski definition) is 0. The van der Waals surface area contributed by atoms with E-state index in [1.165, 1.54) is 13.2 Å². The molecule has 0 radical (unpaired) electrons. The third-order valence-corrected chi connectivity index (χ3v) is 20.8. The van der Waals surface area contributed by atoms with Crippen molar-refractivity contribution in [2.75, 3.05) is 72.3 Å². The zero-order valence-corrected chi connectivity index (χ0v) is 38.3. The van der Waals surface area contributed by atoms with Crippen molar-refractivity contribution in [1.29, 1.82) is 0 Å². The van der Waals surface area contributed by atoms with E-state index in [4.69, 9.17) is 33.9 Å². The van der Waals surface area contributed by atoms with Crippen LogP contribution in [0.4, 0.5) is 19.0 Å². The number of aromatic nitrogens is 3. The number of hydrogen-bond acceptors (Lipinski definition) is 10. The van der Waals surface area contributed by atoms with Gasteiger partial charge in [-0.15, -0.1) is 5.54 Å². The van der Waals surface area contributed by atoms with Crippen molar-refractivity contribution in [3.8, 4) is 40.4 Å². The number of pyridine rings is 1. The van der Waals surface area contributed by atoms with E-state index in [-0.39, 0.29) is 59.8 Å². The molecule has 3 fully saturated rings. The average molecular weight is 859 g/mol. The molecule has 0 bridgehead atoms. The van der Waals surface area contributed by atoms with Gasteiger partial charge in [-0.05, 0) is 93.0 Å². The van der Waals surface area contributed by atoms with Gasteiger partial charge in [0.15, 0.2) is 12.6 Å². The standard InChI is InChI=1S/C47H61F3N6O4Si/c1-29(2)61(30(3)4,31(5)6)21-14-35-37(49)13-12-32-22-34(60-28-57-9)23-36(38(32)35)41-40(50)42-39-43(53-45(52-42)59-27-47-17-11-18-56(47)25-33(48)24-47)55(19-20-58-44(39)51-41)26-46(54(7)8)15-10-16-46/h12-13,22-23,29-31,33H,10-11,15-20,24-28H2,1-9H3/t33-,47+/m1/s1. The summed E-state index contributed by atoms with van der Waals surface area (Å²) < 4.78 is 73.3. The molecule has 4 aromatic rings. The minimum absolute atomic E-state index is 0.00411. The molecule has 8 rings (SSSR count). The minimum atomic E-state index is -2.32. The van der Waals surface area contributed by atoms with Gasteiger partial charge in [-0.25, -0.2) is 18.2 Å². The average Bonchev–Trinajstić information content (AvgIpc) is 3.66. The van der Waals surface area contributed by atoms with Crippen LogP contribution >= 0.6 is 0 Å². The maximum absolute atomic E-state index is 18.0. The first-order chi connectivity index (χ1) is 29.1. The molecule has 3 aliphatic heterocycles. The monoisotopic (exact) mass is 858 g/mol. The van der Waals surface area contributed by atoms with E-state index >= 15 is 8.78 Å². The van der Waals surface area contributed by atoms with Crippen molar-refractivity contribution < 1.29 is 32.1 Å². The first kappa shape index (κ1) is 43.5. The third-order valence-electron chi connectivity index (χ3n) is 14.5. The van der Waals surface area contributed by atoms with Crippen LogP contribution in [-0.2, 0) is 4.74 Å². The highest BCUT2D eigenvalue weighted by Gasteiger charge is 2.50. The zero-order chi connectivity index (χ0) is 43.4. The lowest BCUT2D eigenvalue weighted by Crippen LogP contribution is -2.57. The Bertz CT molecular complexity index is 2340. The molecule has 0 spiro atoms. The molecule has 10 nitrogen and oxygen atoms in total. The molecule has 328 valence electrons. The highest BCUT2D eigenvalue weighted by atomic mass is 28.3. The van der Waals surface area contributed by atoms with Gasteiger partial charge in [-0.3, -0.25) is 4.90 Å². The molecule has 1 saturated carbocycles. The molecule has 0 amide bonds. The molecule has 5 heterocycles. The van der Waals surface area contributed by atoms with Gasteiger partial charge in [0.1, 0.15) is 61.4 Å². The number of rotatable bonds is 13. The highest BCUT2D eigenvalue weighted by molar-refractivity contribution is 6.90. The number of ether oxygens (including phenoxy) is 4. The molecule has 2 saturated heterocycles. The number of likely N-dealkylation sites (N-methyl/N-ethyl adjacent to an activating group) is 1. The summed E-state index contributed by atoms with van der Waals surface area (Å²) in [7, 11) is 3.39. The molecular formula is C47H61F3N6O4Si. The van der Waals surface area contributed by atoms with Gasteiger partial charge in [0.2, 0.25) is 5.88 Å². The van der Waals surface area contributed by atoms with Crippen molar-refractivity contribution in [2.45, 2.75) is 114 Å². The molecule has 2 aromatic carbocycles. The van der Waals surface area contributed by atoms with Crippen LogP contribution in [0.3, 0.4) is 0 Å². The van der Waals surface area contributed by atoms with Crippen molar-refractivity contribution in [2.24, 2.45) is 0 Å². The van der Waals surface area contributed by atoms with Gasteiger partial charge in [0.25, 0.3) is 0 Å². The summed E-state index contributed by atoms with van der Waals surface area (Å²) in [5.74, 6) is 3.14. The summed E-state index contributed by atoms with van der Waals surface area (Å²) >= 11 is 0. The normalized spacial score (nSPS) is 21.2. The van der Waals surface area contributed by atoms with Crippen LogP contribution in [0.5, 0.6) is 17.6 Å². The number of nitrogens with zero attached hydrogens (tertiary/aromatic N) is 6. The summed E-state index contributed by atoms with van der Waals surface area (Å²) in [4.78, 5) is 21.3. The molecule has 1 aliphatic carbocycles. The molecule has 2 atom stereocenters. The topological polar surface area (TPSA) is 85.3 Å². The molecule has 0 N–H and O–H groups in total. The molecule has 0 unspecified atom stereocenters. The second-order valence-electron chi connectivity index (χ2n) is 18.9. The van der Waals surface area contributed by atoms with Crippen molar-refractivity contribution >= 4 is 35.6 Å². The summed E-state index contributed by atoms with van der Waals surface area (Å²) in [5.41, 5.74) is 4.40. The first-order valence-corrected chi connectivity index (χ1v) is 24.3. The molecule has 2 aromatic heterocycles. The lowest BCUT2D eigenvalue weighted by Gasteiger charge is -2.49. The van der Waals surface area contributed by atoms with Crippen LogP contribution in [0.25, 0.3) is 32.9 Å². The van der Waals surface area contributed by atoms with Crippen LogP contribution in [0.15, 0.2) is 24.3 Å². The van der Waals surface area contributed by atoms with Crippen molar-refractivity contribution in [3.63, 3.8) is 0 Å². The van der Waals surface area contributed by atoms with Crippen molar-refractivity contribution in [3.05, 3.63) is 41.5 Å². The van der Waals surface area contributed by atoms with Gasteiger partial charge < -0.3 is 28.7 Å². The van der Waals surface area contributed by atoms with E-state index in [0.717, 1.165) is 38.6 Å². The minimum Gasteiger partial charge on any atom is -0.475 e. The number of alkyl halides is 1. The Morgan fingerprint density at radius 3 is 2.38 bits per heavy atom. The Balaban J connectivity index is 1.35. The van der Waals surface area contributed by atoms with E-state index in [1.54, 1.807) is 18.2 Å². The van der Waals surface area contributed by atoms with Crippen LogP contribution in [0, 0.1) is 23.1 Å². The van der Waals surface area contributed by atoms with Gasteiger partial charge >= 0.3 is 6.01 Å². The highest BCUT2D eigenvalue weighted by Crippen LogP contribution is 2.46. The Kier molecular flexibility index (Phi) is 12.0. The second kappa shape index (κ2) is 16.8. The van der Waals surface area contributed by atoms with Crippen molar-refractivity contribution in [1.82, 2.24) is 24.8 Å². The molecule has 14 heteroatoms. The van der Waals surface area contributed by atoms with Crippen LogP contribution in [-0.4, -0.2) is 117 Å². The first-order valence-electron chi connectivity index (χ1n) is 22.0. The Labute approximate surface area is 359 Å². The molecular weight excluding hydrogens is 798 g/mol. The third kappa shape index (κ3) is 7.61. The van der Waals surface area contributed by atoms with Gasteiger partial charge in [-0.1, -0.05) is 53.5 Å². The fraction of sp³-hybridized carbons (Fsp3) is 0.596. The quantitative estimate of drug-likeness (QED) is 0.0737. The summed E-state index contributed by atoms with van der Waals surface area (Å²) in [6, 6.07) is 6.51. The van der Waals surface area contributed by atoms with Gasteiger partial charge in [-0.2, -0.15) is 9.97 Å². The number of halogens is 3. The second-order valence-corrected chi connectivity index (χ2v) is 24.5. The number of benzene rings is 2. The largest absolute Gasteiger partial charge is 0.475 e. The maximum atomic E-state index is 18.0. The van der Waals surface area contributed by atoms with Crippen LogP contribution in [0.1, 0.15) is 85.6 Å². The molecule has 61 heavy (non-hydrogen) atoms. The van der Waals surface area contributed by atoms with E-state index in [9.17, 15) is 4.39 Å². The summed E-state index contributed by atoms with van der Waals surface area (Å²) in [6.45, 7) is 15.9. The predicted octanol–water partition coefficient (Wildman–Crippen LogP) is 9.31. The van der Waals surface area contributed by atoms with E-state index in [0.29, 0.717) is 70.4 Å². The number of anilines is 1. The fourth-order valence-electron chi connectivity index (χ4n) is 11.1. The van der Waals surface area contributed by atoms with Crippen LogP contribution in [0.2, 0.25) is 16.6 Å². The van der Waals surface area contributed by atoms with E-state index in [2.05, 4.69) is 81.8 Å². The summed E-state index contributed by atoms with van der Waals surface area (Å²) in [6.07, 6.45) is 4.34.